The molecule has 3 N–H and O–H groups in total. The monoisotopic (exact) mass is 319 g/mol. The fourth-order valence-corrected chi connectivity index (χ4v) is 4.09. The predicted molar refractivity (Wildman–Crippen MR) is 84.5 cm³/mol. The minimum Gasteiger partial charge on any atom is -0.294 e. The minimum absolute atomic E-state index is 0.253. The zero-order valence-corrected chi connectivity index (χ0v) is 12.5. The second-order valence-electron chi connectivity index (χ2n) is 4.43. The van der Waals surface area contributed by atoms with Gasteiger partial charge in [-0.3, -0.25) is 15.4 Å². The van der Waals surface area contributed by atoms with E-state index < -0.39 is 11.8 Å². The number of thiophene rings is 1. The van der Waals surface area contributed by atoms with Gasteiger partial charge in [-0.05, 0) is 17.0 Å². The average Bonchev–Trinajstić information content (AvgIpc) is 3.19. The molecule has 1 aromatic carbocycles. The molecule has 21 heavy (non-hydrogen) atoms. The van der Waals surface area contributed by atoms with Crippen LogP contribution in [0.1, 0.15) is 16.4 Å². The SMILES string of the molecule is O=C(NO)C(c1ccccc1)C1NN=C(c2cccs2)S1. The molecule has 108 valence electrons. The van der Waals surface area contributed by atoms with Crippen molar-refractivity contribution in [3.05, 3.63) is 58.3 Å². The van der Waals surface area contributed by atoms with E-state index in [1.54, 1.807) is 16.8 Å². The topological polar surface area (TPSA) is 73.7 Å². The molecule has 0 bridgehead atoms. The van der Waals surface area contributed by atoms with Crippen LogP contribution in [0.4, 0.5) is 0 Å². The lowest BCUT2D eigenvalue weighted by Gasteiger charge is -2.20. The Morgan fingerprint density at radius 1 is 1.29 bits per heavy atom. The zero-order valence-electron chi connectivity index (χ0n) is 10.9. The van der Waals surface area contributed by atoms with Crippen LogP contribution in [0.3, 0.4) is 0 Å². The summed E-state index contributed by atoms with van der Waals surface area (Å²) in [7, 11) is 0. The molecule has 0 saturated carbocycles. The Morgan fingerprint density at radius 2 is 2.10 bits per heavy atom. The first-order valence-corrected chi connectivity index (χ1v) is 8.08. The average molecular weight is 319 g/mol. The van der Waals surface area contributed by atoms with E-state index in [4.69, 9.17) is 5.21 Å². The normalized spacial score (nSPS) is 18.7. The second kappa shape index (κ2) is 6.30. The maximum atomic E-state index is 12.0. The third-order valence-electron chi connectivity index (χ3n) is 3.12. The lowest BCUT2D eigenvalue weighted by molar-refractivity contribution is -0.130. The van der Waals surface area contributed by atoms with Crippen molar-refractivity contribution >= 4 is 34.0 Å². The van der Waals surface area contributed by atoms with Gasteiger partial charge in [-0.15, -0.1) is 11.3 Å². The van der Waals surface area contributed by atoms with Gasteiger partial charge in [-0.2, -0.15) is 5.10 Å². The largest absolute Gasteiger partial charge is 0.294 e. The van der Waals surface area contributed by atoms with Gasteiger partial charge in [0.1, 0.15) is 10.4 Å². The van der Waals surface area contributed by atoms with Gasteiger partial charge >= 0.3 is 0 Å². The molecular weight excluding hydrogens is 306 g/mol. The molecule has 1 aromatic heterocycles. The standard InChI is InChI=1S/C14H13N3O2S2/c18-12(17-19)11(9-5-2-1-3-6-9)14-16-15-13(21-14)10-7-4-8-20-10/h1-8,11,14,16,19H,(H,17,18). The molecule has 2 atom stereocenters. The number of nitrogens with one attached hydrogen (secondary N) is 2. The Kier molecular flexibility index (Phi) is 4.23. The Morgan fingerprint density at radius 3 is 2.76 bits per heavy atom. The summed E-state index contributed by atoms with van der Waals surface area (Å²) < 4.78 is 0. The van der Waals surface area contributed by atoms with E-state index in [-0.39, 0.29) is 5.37 Å². The maximum Gasteiger partial charge on any atom is 0.253 e. The van der Waals surface area contributed by atoms with Crippen molar-refractivity contribution in [3.8, 4) is 0 Å². The molecular formula is C14H13N3O2S2. The summed E-state index contributed by atoms with van der Waals surface area (Å²) in [5, 5.41) is 15.9. The molecule has 5 nitrogen and oxygen atoms in total. The van der Waals surface area contributed by atoms with Gasteiger partial charge in [0, 0.05) is 0 Å². The number of hydrogen-bond acceptors (Lipinski definition) is 6. The lowest BCUT2D eigenvalue weighted by Crippen LogP contribution is -2.37. The maximum absolute atomic E-state index is 12.0. The summed E-state index contributed by atoms with van der Waals surface area (Å²) in [6.45, 7) is 0. The van der Waals surface area contributed by atoms with E-state index in [9.17, 15) is 4.79 Å². The van der Waals surface area contributed by atoms with E-state index in [2.05, 4.69) is 10.5 Å². The molecule has 0 aliphatic carbocycles. The van der Waals surface area contributed by atoms with Crippen LogP contribution in [0.15, 0.2) is 52.9 Å². The molecule has 2 unspecified atom stereocenters. The molecule has 0 radical (unpaired) electrons. The molecule has 2 aromatic rings. The highest BCUT2D eigenvalue weighted by atomic mass is 32.2. The number of hydrazone groups is 1. The van der Waals surface area contributed by atoms with Crippen LogP contribution in [0.25, 0.3) is 0 Å². The van der Waals surface area contributed by atoms with Crippen molar-refractivity contribution in [2.24, 2.45) is 5.10 Å². The highest BCUT2D eigenvalue weighted by Gasteiger charge is 2.34. The number of amides is 1. The first kappa shape index (κ1) is 14.1. The number of rotatable bonds is 4. The van der Waals surface area contributed by atoms with Gasteiger partial charge in [0.15, 0.2) is 0 Å². The van der Waals surface area contributed by atoms with Crippen molar-refractivity contribution in [2.45, 2.75) is 11.3 Å². The fourth-order valence-electron chi connectivity index (χ4n) is 2.14. The zero-order chi connectivity index (χ0) is 14.7. The second-order valence-corrected chi connectivity index (χ2v) is 6.50. The summed E-state index contributed by atoms with van der Waals surface area (Å²) in [6, 6.07) is 13.3. The predicted octanol–water partition coefficient (Wildman–Crippen LogP) is 2.36. The minimum atomic E-state index is -0.526. The van der Waals surface area contributed by atoms with E-state index in [0.717, 1.165) is 15.5 Å². The first-order valence-electron chi connectivity index (χ1n) is 6.32. The molecule has 1 aliphatic heterocycles. The molecule has 3 rings (SSSR count). The smallest absolute Gasteiger partial charge is 0.253 e. The van der Waals surface area contributed by atoms with Crippen molar-refractivity contribution in [3.63, 3.8) is 0 Å². The van der Waals surface area contributed by atoms with Crippen molar-refractivity contribution < 1.29 is 10.0 Å². The third kappa shape index (κ3) is 2.94. The van der Waals surface area contributed by atoms with Gasteiger partial charge < -0.3 is 0 Å². The van der Waals surface area contributed by atoms with Gasteiger partial charge in [0.2, 0.25) is 0 Å². The Bertz CT molecular complexity index is 644. The number of nitrogens with zero attached hydrogens (tertiary/aromatic N) is 1. The molecule has 1 aliphatic rings. The molecule has 0 spiro atoms. The van der Waals surface area contributed by atoms with Crippen LogP contribution in [-0.2, 0) is 4.79 Å². The van der Waals surface area contributed by atoms with E-state index in [0.29, 0.717) is 0 Å². The van der Waals surface area contributed by atoms with Crippen LogP contribution in [0.2, 0.25) is 0 Å². The number of thioether (sulfide) groups is 1. The number of hydroxylamine groups is 1. The molecule has 0 saturated heterocycles. The number of hydrogen-bond donors (Lipinski definition) is 3. The molecule has 7 heteroatoms. The van der Waals surface area contributed by atoms with Gasteiger partial charge in [0.05, 0.1) is 10.8 Å². The summed E-state index contributed by atoms with van der Waals surface area (Å²) in [6.07, 6.45) is 0. The van der Waals surface area contributed by atoms with Gasteiger partial charge in [0.25, 0.3) is 5.91 Å². The van der Waals surface area contributed by atoms with Crippen LogP contribution in [0.5, 0.6) is 0 Å². The van der Waals surface area contributed by atoms with Crippen LogP contribution in [0, 0.1) is 0 Å². The third-order valence-corrected chi connectivity index (χ3v) is 5.29. The van der Waals surface area contributed by atoms with E-state index in [1.807, 2.05) is 47.8 Å². The van der Waals surface area contributed by atoms with Crippen molar-refractivity contribution in [2.75, 3.05) is 0 Å². The highest BCUT2D eigenvalue weighted by Crippen LogP contribution is 2.34. The lowest BCUT2D eigenvalue weighted by atomic mass is 9.98. The Labute approximate surface area is 130 Å². The van der Waals surface area contributed by atoms with Gasteiger partial charge in [-0.1, -0.05) is 48.2 Å². The van der Waals surface area contributed by atoms with E-state index >= 15 is 0 Å². The quantitative estimate of drug-likeness (QED) is 0.597. The summed E-state index contributed by atoms with van der Waals surface area (Å²) in [4.78, 5) is 13.1. The summed E-state index contributed by atoms with van der Waals surface area (Å²) >= 11 is 3.09. The number of carbonyl (C=O) groups is 1. The summed E-state index contributed by atoms with van der Waals surface area (Å²) in [5.41, 5.74) is 5.57. The highest BCUT2D eigenvalue weighted by molar-refractivity contribution is 8.15. The molecule has 1 amide bonds. The van der Waals surface area contributed by atoms with Crippen LogP contribution < -0.4 is 10.9 Å². The molecule has 2 heterocycles. The van der Waals surface area contributed by atoms with Crippen LogP contribution in [-0.4, -0.2) is 21.5 Å². The fraction of sp³-hybridized carbons (Fsp3) is 0.143. The van der Waals surface area contributed by atoms with Gasteiger partial charge in [-0.25, -0.2) is 5.48 Å². The number of carbonyl (C=O) groups excluding carboxylic acids is 1. The number of benzene rings is 1. The van der Waals surface area contributed by atoms with Crippen LogP contribution >= 0.6 is 23.1 Å². The van der Waals surface area contributed by atoms with E-state index in [1.165, 1.54) is 11.8 Å². The first-order chi connectivity index (χ1) is 10.3. The van der Waals surface area contributed by atoms with Crippen molar-refractivity contribution in [1.29, 1.82) is 0 Å². The Hall–Kier alpha value is -1.83. The molecule has 0 fully saturated rings. The summed E-state index contributed by atoms with van der Waals surface area (Å²) in [5.74, 6) is -0.976. The Balaban J connectivity index is 1.82. The van der Waals surface area contributed by atoms with Crippen molar-refractivity contribution in [1.82, 2.24) is 10.9 Å².